The zero-order valence-corrected chi connectivity index (χ0v) is 25.6. The molecule has 4 aliphatic rings. The lowest BCUT2D eigenvalue weighted by atomic mass is 9.48. The summed E-state index contributed by atoms with van der Waals surface area (Å²) in [5.74, 6) is 0.584. The molecule has 0 aromatic heterocycles. The van der Waals surface area contributed by atoms with E-state index in [9.17, 15) is 27.7 Å². The molecule has 2 fully saturated rings. The molecule has 0 aliphatic heterocycles. The number of esters is 1. The summed E-state index contributed by atoms with van der Waals surface area (Å²) in [6, 6.07) is 0. The van der Waals surface area contributed by atoms with Crippen LogP contribution in [0.3, 0.4) is 0 Å². The maximum atomic E-state index is 12.7. The lowest BCUT2D eigenvalue weighted by Gasteiger charge is -2.57. The molecule has 0 spiro atoms. The van der Waals surface area contributed by atoms with E-state index in [4.69, 9.17) is 16.3 Å². The van der Waals surface area contributed by atoms with Crippen LogP contribution in [0, 0.1) is 33.5 Å². The molecule has 0 bridgehead atoms. The minimum atomic E-state index is -3.16. The van der Waals surface area contributed by atoms with Crippen molar-refractivity contribution >= 4 is 39.3 Å². The molecule has 4 rings (SSSR count). The summed E-state index contributed by atoms with van der Waals surface area (Å²) >= 11 is 6.71. The van der Waals surface area contributed by atoms with E-state index in [-0.39, 0.29) is 40.2 Å². The second-order valence-corrected chi connectivity index (χ2v) is 13.7. The van der Waals surface area contributed by atoms with Crippen LogP contribution in [0.2, 0.25) is 0 Å². The van der Waals surface area contributed by atoms with Crippen LogP contribution in [0.25, 0.3) is 0 Å². The Morgan fingerprint density at radius 3 is 2.10 bits per heavy atom. The van der Waals surface area contributed by atoms with Crippen LogP contribution in [-0.4, -0.2) is 64.0 Å². The second-order valence-electron chi connectivity index (χ2n) is 11.5. The fraction of sp³-hybridized carbons (Fsp3) is 0.741. The van der Waals surface area contributed by atoms with Crippen LogP contribution in [-0.2, 0) is 33.4 Å². The van der Waals surface area contributed by atoms with Gasteiger partial charge in [0.2, 0.25) is 0 Å². The van der Waals surface area contributed by atoms with Crippen molar-refractivity contribution < 1.29 is 31.7 Å². The average Bonchev–Trinajstić information content (AvgIpc) is 3.13. The first-order chi connectivity index (χ1) is 17.9. The Morgan fingerprint density at radius 1 is 1.10 bits per heavy atom. The average molecular weight is 589 g/mol. The molecular formula is C27H41ClN2O8S. The Bertz CT molecular complexity index is 1170. The van der Waals surface area contributed by atoms with Crippen molar-refractivity contribution in [2.24, 2.45) is 33.9 Å². The molecule has 39 heavy (non-hydrogen) atoms. The zero-order valence-electron chi connectivity index (χ0n) is 24.1. The smallest absolute Gasteiger partial charge is 0.303 e. The normalized spacial score (nSPS) is 34.7. The predicted molar refractivity (Wildman–Crippen MR) is 148 cm³/mol. The summed E-state index contributed by atoms with van der Waals surface area (Å²) in [5.41, 5.74) is -0.532. The van der Waals surface area contributed by atoms with Gasteiger partial charge in [-0.1, -0.05) is 31.5 Å². The second kappa shape index (κ2) is 12.2. The van der Waals surface area contributed by atoms with Crippen LogP contribution >= 0.6 is 11.6 Å². The number of fused-ring (bicyclic) bond motifs is 5. The van der Waals surface area contributed by atoms with E-state index in [0.717, 1.165) is 44.6 Å². The fourth-order valence-corrected chi connectivity index (χ4v) is 7.55. The van der Waals surface area contributed by atoms with Crippen molar-refractivity contribution in [2.45, 2.75) is 71.8 Å². The van der Waals surface area contributed by atoms with E-state index in [1.165, 1.54) is 11.9 Å². The minimum Gasteiger partial charge on any atom is -0.451 e. The van der Waals surface area contributed by atoms with Crippen LogP contribution in [0.5, 0.6) is 0 Å². The highest BCUT2D eigenvalue weighted by Crippen LogP contribution is 2.68. The van der Waals surface area contributed by atoms with E-state index >= 15 is 0 Å². The Hall–Kier alpha value is -2.11. The number of nitroso groups, excluding NO2 is 1. The summed E-state index contributed by atoms with van der Waals surface area (Å²) in [7, 11) is 1.11. The van der Waals surface area contributed by atoms with Crippen molar-refractivity contribution in [3.8, 4) is 0 Å². The molecule has 4 aliphatic carbocycles. The van der Waals surface area contributed by atoms with E-state index in [0.29, 0.717) is 23.8 Å². The number of nitrogens with zero attached hydrogens (tertiary/aromatic N) is 2. The quantitative estimate of drug-likeness (QED) is 0.200. The first-order valence-electron chi connectivity index (χ1n) is 13.0. The van der Waals surface area contributed by atoms with Crippen molar-refractivity contribution in [2.75, 3.05) is 27.5 Å². The highest BCUT2D eigenvalue weighted by molar-refractivity contribution is 7.85. The van der Waals surface area contributed by atoms with Crippen LogP contribution < -0.4 is 0 Å². The van der Waals surface area contributed by atoms with E-state index in [2.05, 4.69) is 29.4 Å². The number of carbonyl (C=O) groups is 3. The lowest BCUT2D eigenvalue weighted by molar-refractivity contribution is -0.185. The largest absolute Gasteiger partial charge is 0.451 e. The molecule has 6 atom stereocenters. The van der Waals surface area contributed by atoms with E-state index < -0.39 is 15.7 Å². The number of rotatable bonds is 4. The van der Waals surface area contributed by atoms with Gasteiger partial charge < -0.3 is 4.74 Å². The summed E-state index contributed by atoms with van der Waals surface area (Å²) in [6.07, 6.45) is 9.48. The number of allylic oxidation sites excluding steroid dienone is 4. The molecule has 12 heteroatoms. The van der Waals surface area contributed by atoms with Gasteiger partial charge in [0.15, 0.2) is 17.2 Å². The molecule has 0 unspecified atom stereocenters. The first-order valence-corrected chi connectivity index (χ1v) is 15.2. The van der Waals surface area contributed by atoms with E-state index in [1.807, 2.05) is 0 Å². The van der Waals surface area contributed by atoms with Gasteiger partial charge >= 0.3 is 5.97 Å². The molecule has 0 aromatic rings. The third-order valence-electron chi connectivity index (χ3n) is 9.03. The number of hydrogen-bond donors (Lipinski definition) is 0. The highest BCUT2D eigenvalue weighted by Gasteiger charge is 2.67. The Morgan fingerprint density at radius 2 is 1.64 bits per heavy atom. The molecule has 220 valence electrons. The SMILES string of the molecule is CC(=O)O[C@]1(C(C)=O)CC[C@H]2[C@@H]3C=C(Cl)C4=CC(=O)CC[C@]4(C)[C@H]3CC[C@@]21C.CN(C)N=O.COS(C)(=O)=O. The van der Waals surface area contributed by atoms with E-state index in [1.54, 1.807) is 27.1 Å². The fourth-order valence-electron chi connectivity index (χ4n) is 7.13. The number of Topliss-reactive ketones (excluding diaryl/α,β-unsaturated/α-hetero) is 1. The van der Waals surface area contributed by atoms with Crippen molar-refractivity contribution in [1.29, 1.82) is 0 Å². The summed E-state index contributed by atoms with van der Waals surface area (Å²) in [4.78, 5) is 45.8. The maximum absolute atomic E-state index is 12.7. The van der Waals surface area contributed by atoms with Gasteiger partial charge in [-0.3, -0.25) is 23.6 Å². The summed E-state index contributed by atoms with van der Waals surface area (Å²) in [6.45, 7) is 7.33. The third-order valence-corrected chi connectivity index (χ3v) is 9.97. The molecule has 0 heterocycles. The summed E-state index contributed by atoms with van der Waals surface area (Å²) < 4.78 is 29.3. The molecule has 10 nitrogen and oxygen atoms in total. The number of hydrogen-bond acceptors (Lipinski definition) is 9. The van der Waals surface area contributed by atoms with Crippen molar-refractivity contribution in [3.63, 3.8) is 0 Å². The topological polar surface area (TPSA) is 136 Å². The molecule has 0 aromatic carbocycles. The van der Waals surface area contributed by atoms with Gasteiger partial charge in [0, 0.05) is 37.9 Å². The first kappa shape index (κ1) is 33.1. The van der Waals surface area contributed by atoms with Gasteiger partial charge in [0.1, 0.15) is 0 Å². The number of carbonyl (C=O) groups excluding carboxylic acids is 3. The Balaban J connectivity index is 0.000000412. The molecule has 0 saturated heterocycles. The Labute approximate surface area is 236 Å². The number of ketones is 2. The lowest BCUT2D eigenvalue weighted by Crippen LogP contribution is -2.58. The highest BCUT2D eigenvalue weighted by atomic mass is 35.5. The number of halogens is 1. The van der Waals surface area contributed by atoms with Gasteiger partial charge in [-0.25, -0.2) is 0 Å². The zero-order chi connectivity index (χ0) is 30.0. The molecule has 0 N–H and O–H groups in total. The van der Waals surface area contributed by atoms with Crippen LogP contribution in [0.1, 0.15) is 66.2 Å². The van der Waals surface area contributed by atoms with Crippen LogP contribution in [0.15, 0.2) is 28.0 Å². The van der Waals surface area contributed by atoms with Gasteiger partial charge in [0.25, 0.3) is 10.1 Å². The monoisotopic (exact) mass is 588 g/mol. The molecule has 0 amide bonds. The van der Waals surface area contributed by atoms with Gasteiger partial charge in [-0.05, 0) is 73.8 Å². The number of ether oxygens (including phenoxy) is 1. The summed E-state index contributed by atoms with van der Waals surface area (Å²) in [5, 5.41) is 4.36. The molecule has 0 radical (unpaired) electrons. The Kier molecular flexibility index (Phi) is 10.3. The van der Waals surface area contributed by atoms with Crippen LogP contribution in [0.4, 0.5) is 0 Å². The maximum Gasteiger partial charge on any atom is 0.303 e. The van der Waals surface area contributed by atoms with Gasteiger partial charge in [-0.15, -0.1) is 4.91 Å². The standard InChI is InChI=1S/C23H29ClO4.C2H6N2O.C2H6O3S/c1-13(25)23(28-14(2)26)10-7-18-16-12-20(24)19-11-15(27)5-8-21(19,3)17(16)6-9-22(18,23)4;1-4(2)3-5;1-5-6(2,3)4/h11-12,16-18H,5-10H2,1-4H3;1-2H3;1-2H3/t16-,17+,18+,21-,22+,23+;;/m1../s1. The molecular weight excluding hydrogens is 548 g/mol. The van der Waals surface area contributed by atoms with Crippen molar-refractivity contribution in [1.82, 2.24) is 5.01 Å². The predicted octanol–water partition coefficient (Wildman–Crippen LogP) is 4.57. The van der Waals surface area contributed by atoms with Gasteiger partial charge in [-0.2, -0.15) is 8.42 Å². The van der Waals surface area contributed by atoms with Crippen molar-refractivity contribution in [3.05, 3.63) is 27.7 Å². The van der Waals surface area contributed by atoms with Gasteiger partial charge in [0.05, 0.1) is 18.7 Å². The molecule has 2 saturated carbocycles. The minimum absolute atomic E-state index is 0.0490. The third kappa shape index (κ3) is 6.62.